The monoisotopic (exact) mass is 291 g/mol. The van der Waals surface area contributed by atoms with Gasteiger partial charge in [0.2, 0.25) is 0 Å². The lowest BCUT2D eigenvalue weighted by Crippen LogP contribution is -2.08. The second-order valence-corrected chi connectivity index (χ2v) is 5.75. The number of pyridine rings is 1. The number of aromatic nitrogens is 1. The zero-order valence-electron chi connectivity index (χ0n) is 13.3. The molecule has 1 heterocycles. The number of aryl methyl sites for hydroxylation is 1. The minimum atomic E-state index is 0.772. The van der Waals surface area contributed by atoms with Crippen LogP contribution in [0.1, 0.15) is 11.3 Å². The van der Waals surface area contributed by atoms with Crippen LogP contribution in [0.2, 0.25) is 0 Å². The Bertz CT molecular complexity index is 776. The highest BCUT2D eigenvalue weighted by atomic mass is 15.1. The third-order valence-corrected chi connectivity index (χ3v) is 3.78. The standard InChI is InChI=1S/C19H21N3/c1-14-12-16-6-4-5-7-18(16)19(21-14)20-13-15-8-10-17(11-9-15)22(2)3/h4-12H,13H2,1-3H3,(H,20,21). The molecule has 0 saturated heterocycles. The second-order valence-electron chi connectivity index (χ2n) is 5.75. The molecule has 0 aliphatic carbocycles. The molecule has 0 atom stereocenters. The van der Waals surface area contributed by atoms with Gasteiger partial charge in [-0.25, -0.2) is 4.98 Å². The van der Waals surface area contributed by atoms with Gasteiger partial charge < -0.3 is 10.2 Å². The van der Waals surface area contributed by atoms with Crippen molar-refractivity contribution >= 4 is 22.3 Å². The van der Waals surface area contributed by atoms with Crippen LogP contribution in [0, 0.1) is 6.92 Å². The van der Waals surface area contributed by atoms with Crippen LogP contribution in [0.3, 0.4) is 0 Å². The fourth-order valence-electron chi connectivity index (χ4n) is 2.56. The lowest BCUT2D eigenvalue weighted by molar-refractivity contribution is 1.09. The van der Waals surface area contributed by atoms with Crippen LogP contribution in [0.5, 0.6) is 0 Å². The van der Waals surface area contributed by atoms with Gasteiger partial charge in [-0.3, -0.25) is 0 Å². The average molecular weight is 291 g/mol. The van der Waals surface area contributed by atoms with Gasteiger partial charge >= 0.3 is 0 Å². The van der Waals surface area contributed by atoms with Crippen molar-refractivity contribution in [1.82, 2.24) is 4.98 Å². The maximum Gasteiger partial charge on any atom is 0.134 e. The highest BCUT2D eigenvalue weighted by Crippen LogP contribution is 2.23. The van der Waals surface area contributed by atoms with E-state index >= 15 is 0 Å². The Balaban J connectivity index is 1.81. The van der Waals surface area contributed by atoms with Gasteiger partial charge in [0.25, 0.3) is 0 Å². The summed E-state index contributed by atoms with van der Waals surface area (Å²) in [5.41, 5.74) is 3.49. The predicted octanol–water partition coefficient (Wildman–Crippen LogP) is 4.22. The topological polar surface area (TPSA) is 28.2 Å². The zero-order valence-corrected chi connectivity index (χ0v) is 13.3. The number of hydrogen-bond acceptors (Lipinski definition) is 3. The summed E-state index contributed by atoms with van der Waals surface area (Å²) in [6.45, 7) is 2.80. The first-order chi connectivity index (χ1) is 10.6. The summed E-state index contributed by atoms with van der Waals surface area (Å²) in [6, 6.07) is 19.0. The third-order valence-electron chi connectivity index (χ3n) is 3.78. The summed E-state index contributed by atoms with van der Waals surface area (Å²) in [7, 11) is 4.10. The van der Waals surface area contributed by atoms with E-state index in [0.717, 1.165) is 23.4 Å². The number of fused-ring (bicyclic) bond motifs is 1. The quantitative estimate of drug-likeness (QED) is 0.780. The molecule has 3 aromatic rings. The van der Waals surface area contributed by atoms with Crippen LogP contribution in [0.25, 0.3) is 10.8 Å². The number of nitrogens with one attached hydrogen (secondary N) is 1. The van der Waals surface area contributed by atoms with Crippen molar-refractivity contribution in [3.63, 3.8) is 0 Å². The van der Waals surface area contributed by atoms with Crippen molar-refractivity contribution in [2.24, 2.45) is 0 Å². The Hall–Kier alpha value is -2.55. The normalized spacial score (nSPS) is 10.7. The second kappa shape index (κ2) is 6.06. The van der Waals surface area contributed by atoms with E-state index in [-0.39, 0.29) is 0 Å². The van der Waals surface area contributed by atoms with Crippen LogP contribution in [-0.2, 0) is 6.54 Å². The van der Waals surface area contributed by atoms with Crippen molar-refractivity contribution in [1.29, 1.82) is 0 Å². The molecule has 112 valence electrons. The van der Waals surface area contributed by atoms with E-state index in [0.29, 0.717) is 0 Å². The number of benzene rings is 2. The molecule has 1 aromatic heterocycles. The summed E-state index contributed by atoms with van der Waals surface area (Å²) in [4.78, 5) is 6.75. The fraction of sp³-hybridized carbons (Fsp3) is 0.211. The van der Waals surface area contributed by atoms with Gasteiger partial charge in [-0.2, -0.15) is 0 Å². The van der Waals surface area contributed by atoms with Crippen LogP contribution in [0.4, 0.5) is 11.5 Å². The number of rotatable bonds is 4. The maximum atomic E-state index is 4.64. The molecular formula is C19H21N3. The van der Waals surface area contributed by atoms with Crippen molar-refractivity contribution in [2.45, 2.75) is 13.5 Å². The Morgan fingerprint density at radius 3 is 2.45 bits per heavy atom. The van der Waals surface area contributed by atoms with Crippen molar-refractivity contribution in [3.8, 4) is 0 Å². The van der Waals surface area contributed by atoms with Gasteiger partial charge in [0.1, 0.15) is 5.82 Å². The fourth-order valence-corrected chi connectivity index (χ4v) is 2.56. The lowest BCUT2D eigenvalue weighted by atomic mass is 10.1. The lowest BCUT2D eigenvalue weighted by Gasteiger charge is -2.14. The first kappa shape index (κ1) is 14.4. The van der Waals surface area contributed by atoms with E-state index in [1.54, 1.807) is 0 Å². The molecule has 3 rings (SSSR count). The molecule has 0 saturated carbocycles. The van der Waals surface area contributed by atoms with Gasteiger partial charge in [0.05, 0.1) is 0 Å². The molecule has 0 aliphatic rings. The molecule has 0 amide bonds. The van der Waals surface area contributed by atoms with E-state index in [4.69, 9.17) is 0 Å². The molecule has 3 nitrogen and oxygen atoms in total. The first-order valence-corrected chi connectivity index (χ1v) is 7.50. The largest absolute Gasteiger partial charge is 0.378 e. The van der Waals surface area contributed by atoms with E-state index in [1.165, 1.54) is 16.6 Å². The van der Waals surface area contributed by atoms with Gasteiger partial charge in [0.15, 0.2) is 0 Å². The van der Waals surface area contributed by atoms with Crippen molar-refractivity contribution in [3.05, 3.63) is 65.9 Å². The van der Waals surface area contributed by atoms with Crippen molar-refractivity contribution < 1.29 is 0 Å². The molecule has 0 spiro atoms. The van der Waals surface area contributed by atoms with Crippen LogP contribution in [-0.4, -0.2) is 19.1 Å². The van der Waals surface area contributed by atoms with E-state index in [9.17, 15) is 0 Å². The molecular weight excluding hydrogens is 270 g/mol. The Morgan fingerprint density at radius 2 is 1.73 bits per heavy atom. The van der Waals surface area contributed by atoms with Crippen molar-refractivity contribution in [2.75, 3.05) is 24.3 Å². The molecule has 0 bridgehead atoms. The van der Waals surface area contributed by atoms with Crippen LogP contribution >= 0.6 is 0 Å². The first-order valence-electron chi connectivity index (χ1n) is 7.50. The smallest absolute Gasteiger partial charge is 0.134 e. The summed E-state index contributed by atoms with van der Waals surface area (Å²) >= 11 is 0. The Labute approximate surface area is 131 Å². The average Bonchev–Trinajstić information content (AvgIpc) is 2.52. The van der Waals surface area contributed by atoms with E-state index in [2.05, 4.69) is 83.9 Å². The summed E-state index contributed by atoms with van der Waals surface area (Å²) < 4.78 is 0. The predicted molar refractivity (Wildman–Crippen MR) is 94.6 cm³/mol. The number of anilines is 2. The molecule has 0 fully saturated rings. The molecule has 3 heteroatoms. The summed E-state index contributed by atoms with van der Waals surface area (Å²) in [6.07, 6.45) is 0. The highest BCUT2D eigenvalue weighted by molar-refractivity contribution is 5.92. The molecule has 0 radical (unpaired) electrons. The van der Waals surface area contributed by atoms with Crippen LogP contribution in [0.15, 0.2) is 54.6 Å². The maximum absolute atomic E-state index is 4.64. The SMILES string of the molecule is Cc1cc2ccccc2c(NCc2ccc(N(C)C)cc2)n1. The molecule has 2 aromatic carbocycles. The molecule has 22 heavy (non-hydrogen) atoms. The van der Waals surface area contributed by atoms with E-state index < -0.39 is 0 Å². The molecule has 0 unspecified atom stereocenters. The minimum absolute atomic E-state index is 0.772. The Kier molecular flexibility index (Phi) is 3.96. The van der Waals surface area contributed by atoms with Gasteiger partial charge in [-0.1, -0.05) is 36.4 Å². The third kappa shape index (κ3) is 3.03. The zero-order chi connectivity index (χ0) is 15.5. The Morgan fingerprint density at radius 1 is 1.00 bits per heavy atom. The molecule has 1 N–H and O–H groups in total. The molecule has 0 aliphatic heterocycles. The van der Waals surface area contributed by atoms with E-state index in [1.807, 2.05) is 6.92 Å². The number of hydrogen-bond donors (Lipinski definition) is 1. The number of nitrogens with zero attached hydrogens (tertiary/aromatic N) is 2. The minimum Gasteiger partial charge on any atom is -0.378 e. The van der Waals surface area contributed by atoms with Gasteiger partial charge in [-0.15, -0.1) is 0 Å². The summed E-state index contributed by atoms with van der Waals surface area (Å²) in [5.74, 6) is 0.951. The summed E-state index contributed by atoms with van der Waals surface area (Å²) in [5, 5.41) is 5.86. The van der Waals surface area contributed by atoms with Gasteiger partial charge in [0, 0.05) is 37.4 Å². The highest BCUT2D eigenvalue weighted by Gasteiger charge is 2.04. The van der Waals surface area contributed by atoms with Crippen LogP contribution < -0.4 is 10.2 Å². The van der Waals surface area contributed by atoms with Gasteiger partial charge in [-0.05, 0) is 36.1 Å².